The fourth-order valence-corrected chi connectivity index (χ4v) is 2.45. The van der Waals surface area contributed by atoms with Crippen molar-refractivity contribution in [3.05, 3.63) is 29.7 Å². The second-order valence-electron chi connectivity index (χ2n) is 5.30. The number of pyridine rings is 1. The first-order chi connectivity index (χ1) is 9.74. The predicted molar refractivity (Wildman–Crippen MR) is 76.0 cm³/mol. The zero-order valence-electron chi connectivity index (χ0n) is 11.7. The Hall–Kier alpha value is -1.79. The van der Waals surface area contributed by atoms with Gasteiger partial charge in [-0.3, -0.25) is 4.79 Å². The lowest BCUT2D eigenvalue weighted by Gasteiger charge is -2.31. The van der Waals surface area contributed by atoms with E-state index in [2.05, 4.69) is 26.9 Å². The first-order valence-electron chi connectivity index (χ1n) is 6.96. The monoisotopic (exact) mass is 273 g/mol. The Morgan fingerprint density at radius 3 is 2.85 bits per heavy atom. The van der Waals surface area contributed by atoms with Crippen LogP contribution < -0.4 is 0 Å². The molecule has 2 aromatic heterocycles. The van der Waals surface area contributed by atoms with Gasteiger partial charge in [-0.2, -0.15) is 5.10 Å². The van der Waals surface area contributed by atoms with E-state index in [1.165, 1.54) is 0 Å². The van der Waals surface area contributed by atoms with E-state index >= 15 is 0 Å². The molecule has 1 fully saturated rings. The molecule has 0 aliphatic carbocycles. The Kier molecular flexibility index (Phi) is 3.75. The van der Waals surface area contributed by atoms with Crippen LogP contribution in [0.1, 0.15) is 16.2 Å². The number of aromatic nitrogens is 3. The Bertz CT molecular complexity index is 601. The fraction of sp³-hybridized carbons (Fsp3) is 0.500. The first kappa shape index (κ1) is 13.2. The van der Waals surface area contributed by atoms with Crippen molar-refractivity contribution in [2.45, 2.75) is 6.42 Å². The highest BCUT2D eigenvalue weighted by Gasteiger charge is 2.14. The summed E-state index contributed by atoms with van der Waals surface area (Å²) >= 11 is 0. The van der Waals surface area contributed by atoms with E-state index in [4.69, 9.17) is 0 Å². The highest BCUT2D eigenvalue weighted by molar-refractivity contribution is 5.76. The van der Waals surface area contributed by atoms with Crippen LogP contribution in [-0.4, -0.2) is 70.5 Å². The Labute approximate surface area is 118 Å². The topological polar surface area (TPSA) is 53.7 Å². The molecule has 0 unspecified atom stereocenters. The van der Waals surface area contributed by atoms with Crippen LogP contribution in [0.2, 0.25) is 0 Å². The molecular weight excluding hydrogens is 254 g/mol. The molecule has 0 radical (unpaired) electrons. The summed E-state index contributed by atoms with van der Waals surface area (Å²) in [4.78, 5) is 20.0. The molecule has 1 aliphatic heterocycles. The van der Waals surface area contributed by atoms with Gasteiger partial charge >= 0.3 is 0 Å². The highest BCUT2D eigenvalue weighted by atomic mass is 16.1. The SMILES string of the molecule is CN1CCN(CCc2nc3cc(C=O)ccn3n2)CC1. The standard InChI is InChI=1S/C14H19N5O/c1-17-6-8-18(9-7-17)4-3-13-15-14-10-12(11-20)2-5-19(14)16-13/h2,5,10-11H,3-4,6-9H2,1H3. The molecule has 0 spiro atoms. The molecular formula is C14H19N5O. The Morgan fingerprint density at radius 1 is 1.30 bits per heavy atom. The lowest BCUT2D eigenvalue weighted by molar-refractivity contribution is 0.112. The van der Waals surface area contributed by atoms with Gasteiger partial charge in [0.05, 0.1) is 0 Å². The van der Waals surface area contributed by atoms with Gasteiger partial charge in [0.15, 0.2) is 11.5 Å². The van der Waals surface area contributed by atoms with Crippen LogP contribution in [0.5, 0.6) is 0 Å². The predicted octanol–water partition coefficient (Wildman–Crippen LogP) is 0.332. The third kappa shape index (κ3) is 2.86. The molecule has 1 aliphatic rings. The number of carbonyl (C=O) groups excluding carboxylic acids is 1. The highest BCUT2D eigenvalue weighted by Crippen LogP contribution is 2.06. The Morgan fingerprint density at radius 2 is 2.10 bits per heavy atom. The second kappa shape index (κ2) is 5.68. The van der Waals surface area contributed by atoms with Crippen LogP contribution in [-0.2, 0) is 6.42 Å². The third-order valence-corrected chi connectivity index (χ3v) is 3.79. The number of carbonyl (C=O) groups is 1. The molecule has 0 N–H and O–H groups in total. The van der Waals surface area contributed by atoms with E-state index in [-0.39, 0.29) is 0 Å². The normalized spacial score (nSPS) is 17.6. The molecule has 0 amide bonds. The number of nitrogens with zero attached hydrogens (tertiary/aromatic N) is 5. The quantitative estimate of drug-likeness (QED) is 0.752. The number of piperazine rings is 1. The van der Waals surface area contributed by atoms with Gasteiger partial charge < -0.3 is 9.80 Å². The Balaban J connectivity index is 1.64. The van der Waals surface area contributed by atoms with Crippen molar-refractivity contribution in [3.8, 4) is 0 Å². The zero-order chi connectivity index (χ0) is 13.9. The minimum absolute atomic E-state index is 0.635. The summed E-state index contributed by atoms with van der Waals surface area (Å²) in [5, 5.41) is 4.44. The lowest BCUT2D eigenvalue weighted by Crippen LogP contribution is -2.45. The average molecular weight is 273 g/mol. The van der Waals surface area contributed by atoms with Crippen molar-refractivity contribution in [2.75, 3.05) is 39.8 Å². The summed E-state index contributed by atoms with van der Waals surface area (Å²) in [6.07, 6.45) is 3.46. The van der Waals surface area contributed by atoms with Crippen LogP contribution in [0.3, 0.4) is 0 Å². The van der Waals surface area contributed by atoms with Crippen LogP contribution in [0.15, 0.2) is 18.3 Å². The molecule has 2 aromatic rings. The molecule has 1 saturated heterocycles. The minimum Gasteiger partial charge on any atom is -0.304 e. The molecule has 6 heteroatoms. The molecule has 0 bridgehead atoms. The molecule has 0 saturated carbocycles. The van der Waals surface area contributed by atoms with Crippen LogP contribution in [0.4, 0.5) is 0 Å². The van der Waals surface area contributed by atoms with Crippen LogP contribution >= 0.6 is 0 Å². The smallest absolute Gasteiger partial charge is 0.156 e. The van der Waals surface area contributed by atoms with Gasteiger partial charge in [0, 0.05) is 50.9 Å². The minimum atomic E-state index is 0.635. The van der Waals surface area contributed by atoms with Gasteiger partial charge in [-0.1, -0.05) is 0 Å². The third-order valence-electron chi connectivity index (χ3n) is 3.79. The maximum atomic E-state index is 10.7. The largest absolute Gasteiger partial charge is 0.304 e. The maximum absolute atomic E-state index is 10.7. The number of rotatable bonds is 4. The van der Waals surface area contributed by atoms with E-state index in [9.17, 15) is 4.79 Å². The summed E-state index contributed by atoms with van der Waals surface area (Å²) in [6, 6.07) is 3.51. The van der Waals surface area contributed by atoms with Gasteiger partial charge in [0.2, 0.25) is 0 Å². The summed E-state index contributed by atoms with van der Waals surface area (Å²) in [5.41, 5.74) is 1.37. The van der Waals surface area contributed by atoms with E-state index in [1.54, 1.807) is 22.8 Å². The van der Waals surface area contributed by atoms with E-state index in [1.807, 2.05) is 0 Å². The van der Waals surface area contributed by atoms with Crippen molar-refractivity contribution >= 4 is 11.9 Å². The van der Waals surface area contributed by atoms with Crippen molar-refractivity contribution in [1.29, 1.82) is 0 Å². The molecule has 0 aromatic carbocycles. The fourth-order valence-electron chi connectivity index (χ4n) is 2.45. The van der Waals surface area contributed by atoms with Gasteiger partial charge in [-0.25, -0.2) is 9.50 Å². The van der Waals surface area contributed by atoms with Gasteiger partial charge in [0.1, 0.15) is 6.29 Å². The zero-order valence-corrected chi connectivity index (χ0v) is 11.7. The molecule has 3 rings (SSSR count). The summed E-state index contributed by atoms with van der Waals surface area (Å²) in [7, 11) is 2.16. The number of hydrogen-bond donors (Lipinski definition) is 0. The summed E-state index contributed by atoms with van der Waals surface area (Å²) < 4.78 is 1.73. The molecule has 20 heavy (non-hydrogen) atoms. The number of fused-ring (bicyclic) bond motifs is 1. The van der Waals surface area contributed by atoms with Crippen molar-refractivity contribution in [3.63, 3.8) is 0 Å². The van der Waals surface area contributed by atoms with Crippen molar-refractivity contribution in [2.24, 2.45) is 0 Å². The number of likely N-dealkylation sites (N-methyl/N-ethyl adjacent to an activating group) is 1. The second-order valence-corrected chi connectivity index (χ2v) is 5.30. The summed E-state index contributed by atoms with van der Waals surface area (Å²) in [5.74, 6) is 0.840. The maximum Gasteiger partial charge on any atom is 0.156 e. The lowest BCUT2D eigenvalue weighted by atomic mass is 10.3. The number of hydrogen-bond acceptors (Lipinski definition) is 5. The molecule has 106 valence electrons. The summed E-state index contributed by atoms with van der Waals surface area (Å²) in [6.45, 7) is 5.46. The molecule has 3 heterocycles. The molecule has 6 nitrogen and oxygen atoms in total. The average Bonchev–Trinajstić information content (AvgIpc) is 2.88. The van der Waals surface area contributed by atoms with Gasteiger partial charge in [-0.05, 0) is 19.2 Å². The van der Waals surface area contributed by atoms with Crippen molar-refractivity contribution in [1.82, 2.24) is 24.4 Å². The number of aldehydes is 1. The van der Waals surface area contributed by atoms with E-state index < -0.39 is 0 Å². The van der Waals surface area contributed by atoms with Gasteiger partial charge in [-0.15, -0.1) is 0 Å². The van der Waals surface area contributed by atoms with Gasteiger partial charge in [0.25, 0.3) is 0 Å². The molecule has 0 atom stereocenters. The van der Waals surface area contributed by atoms with E-state index in [0.717, 1.165) is 56.9 Å². The van der Waals surface area contributed by atoms with Crippen molar-refractivity contribution < 1.29 is 4.79 Å². The first-order valence-corrected chi connectivity index (χ1v) is 6.96. The van der Waals surface area contributed by atoms with Crippen LogP contribution in [0.25, 0.3) is 5.65 Å². The van der Waals surface area contributed by atoms with Crippen LogP contribution in [0, 0.1) is 0 Å². The van der Waals surface area contributed by atoms with E-state index in [0.29, 0.717) is 5.56 Å².